The van der Waals surface area contributed by atoms with Crippen molar-refractivity contribution in [2.24, 2.45) is 0 Å². The number of aliphatic hydroxyl groups excluding tert-OH is 4. The van der Waals surface area contributed by atoms with Gasteiger partial charge in [-0.15, -0.1) is 0 Å². The van der Waals surface area contributed by atoms with Gasteiger partial charge in [-0.25, -0.2) is 0 Å². The zero-order chi connectivity index (χ0) is 15.3. The van der Waals surface area contributed by atoms with Crippen LogP contribution in [0.3, 0.4) is 0 Å². The van der Waals surface area contributed by atoms with Gasteiger partial charge in [-0.3, -0.25) is 0 Å². The van der Waals surface area contributed by atoms with Crippen LogP contribution in [0.1, 0.15) is 22.3 Å². The third-order valence-electron chi connectivity index (χ3n) is 3.98. The van der Waals surface area contributed by atoms with Crippen molar-refractivity contribution in [3.05, 3.63) is 70.8 Å². The van der Waals surface area contributed by atoms with E-state index in [4.69, 9.17) is 0 Å². The second kappa shape index (κ2) is 6.83. The summed E-state index contributed by atoms with van der Waals surface area (Å²) in [7, 11) is 0. The quantitative estimate of drug-likeness (QED) is 0.638. The predicted octanol–water partition coefficient (Wildman–Crippen LogP) is 0.942. The van der Waals surface area contributed by atoms with Gasteiger partial charge in [-0.2, -0.15) is 0 Å². The molecule has 0 bridgehead atoms. The Hall–Kier alpha value is -1.72. The first-order chi connectivity index (χ1) is 10.2. The summed E-state index contributed by atoms with van der Waals surface area (Å²) in [5, 5.41) is 39.0. The Balaban J connectivity index is 2.69. The maximum Gasteiger partial charge on any atom is 0.0688 e. The molecule has 112 valence electrons. The molecule has 0 atom stereocenters. The molecule has 0 heterocycles. The van der Waals surface area contributed by atoms with Crippen molar-refractivity contribution in [1.82, 2.24) is 0 Å². The highest BCUT2D eigenvalue weighted by atomic mass is 16.3. The minimum atomic E-state index is -1.01. The lowest BCUT2D eigenvalue weighted by Gasteiger charge is -2.33. The smallest absolute Gasteiger partial charge is 0.0688 e. The van der Waals surface area contributed by atoms with Crippen LogP contribution < -0.4 is 0 Å². The first-order valence-corrected chi connectivity index (χ1v) is 6.83. The van der Waals surface area contributed by atoms with E-state index in [1.807, 2.05) is 30.3 Å². The minimum Gasteiger partial charge on any atom is -0.395 e. The van der Waals surface area contributed by atoms with Crippen molar-refractivity contribution < 1.29 is 20.4 Å². The molecule has 4 N–H and O–H groups in total. The normalized spacial score (nSPS) is 11.6. The summed E-state index contributed by atoms with van der Waals surface area (Å²) in [5.41, 5.74) is 1.53. The van der Waals surface area contributed by atoms with Gasteiger partial charge in [0.1, 0.15) is 0 Å². The Bertz CT molecular complexity index is 577. The minimum absolute atomic E-state index is 0.203. The van der Waals surface area contributed by atoms with Crippen LogP contribution in [0.5, 0.6) is 0 Å². The van der Waals surface area contributed by atoms with E-state index in [0.717, 1.165) is 5.56 Å². The van der Waals surface area contributed by atoms with Gasteiger partial charge in [0.15, 0.2) is 0 Å². The Labute approximate surface area is 123 Å². The van der Waals surface area contributed by atoms with E-state index in [9.17, 15) is 20.4 Å². The van der Waals surface area contributed by atoms with Gasteiger partial charge in [0.25, 0.3) is 0 Å². The molecule has 4 heteroatoms. The number of rotatable bonds is 6. The average molecular weight is 288 g/mol. The molecule has 0 aliphatic carbocycles. The van der Waals surface area contributed by atoms with Gasteiger partial charge in [-0.05, 0) is 22.3 Å². The highest BCUT2D eigenvalue weighted by Gasteiger charge is 2.35. The molecule has 0 saturated heterocycles. The number of hydrogen-bond acceptors (Lipinski definition) is 4. The molecule has 0 spiro atoms. The monoisotopic (exact) mass is 288 g/mol. The van der Waals surface area contributed by atoms with Crippen molar-refractivity contribution in [3.63, 3.8) is 0 Å². The van der Waals surface area contributed by atoms with Crippen LogP contribution in [-0.4, -0.2) is 33.6 Å². The lowest BCUT2D eigenvalue weighted by molar-refractivity contribution is 0.140. The first-order valence-electron chi connectivity index (χ1n) is 6.83. The Morgan fingerprint density at radius 3 is 1.90 bits per heavy atom. The largest absolute Gasteiger partial charge is 0.395 e. The third-order valence-corrected chi connectivity index (χ3v) is 3.98. The van der Waals surface area contributed by atoms with Gasteiger partial charge < -0.3 is 20.4 Å². The summed E-state index contributed by atoms with van der Waals surface area (Å²) in [6, 6.07) is 14.4. The number of hydrogen-bond donors (Lipinski definition) is 4. The highest BCUT2D eigenvalue weighted by molar-refractivity contribution is 5.47. The van der Waals surface area contributed by atoms with Crippen molar-refractivity contribution in [2.75, 3.05) is 13.2 Å². The van der Waals surface area contributed by atoms with E-state index in [-0.39, 0.29) is 26.4 Å². The van der Waals surface area contributed by atoms with E-state index < -0.39 is 5.41 Å². The average Bonchev–Trinajstić information content (AvgIpc) is 2.57. The lowest BCUT2D eigenvalue weighted by atomic mass is 9.73. The van der Waals surface area contributed by atoms with E-state index in [1.54, 1.807) is 18.2 Å². The molecular weight excluding hydrogens is 268 g/mol. The maximum atomic E-state index is 9.96. The van der Waals surface area contributed by atoms with Crippen molar-refractivity contribution in [1.29, 1.82) is 0 Å². The van der Waals surface area contributed by atoms with Gasteiger partial charge >= 0.3 is 0 Å². The Kier molecular flexibility index (Phi) is 5.09. The molecule has 2 aromatic rings. The summed E-state index contributed by atoms with van der Waals surface area (Å²) in [6.45, 7) is -1.06. The molecule has 0 aliphatic heterocycles. The molecule has 0 aromatic heterocycles. The van der Waals surface area contributed by atoms with E-state index in [2.05, 4.69) is 0 Å². The van der Waals surface area contributed by atoms with Crippen LogP contribution in [0.4, 0.5) is 0 Å². The fraction of sp³-hybridized carbons (Fsp3) is 0.294. The van der Waals surface area contributed by atoms with Gasteiger partial charge in [0, 0.05) is 0 Å². The second-order valence-corrected chi connectivity index (χ2v) is 5.02. The van der Waals surface area contributed by atoms with Crippen LogP contribution >= 0.6 is 0 Å². The van der Waals surface area contributed by atoms with Crippen LogP contribution in [0.25, 0.3) is 0 Å². The first kappa shape index (κ1) is 15.7. The highest BCUT2D eigenvalue weighted by Crippen LogP contribution is 2.35. The predicted molar refractivity (Wildman–Crippen MR) is 79.7 cm³/mol. The van der Waals surface area contributed by atoms with E-state index in [1.165, 1.54) is 0 Å². The molecule has 2 aromatic carbocycles. The standard InChI is InChI=1S/C17H20O4/c18-9-13-5-4-8-16(15(13)10-19)17(11-20,12-21)14-6-2-1-3-7-14/h1-8,18-21H,9-12H2. The van der Waals surface area contributed by atoms with Gasteiger partial charge in [0.2, 0.25) is 0 Å². The fourth-order valence-electron chi connectivity index (χ4n) is 2.73. The van der Waals surface area contributed by atoms with Crippen LogP contribution in [0.15, 0.2) is 48.5 Å². The molecule has 4 nitrogen and oxygen atoms in total. The van der Waals surface area contributed by atoms with Gasteiger partial charge in [0.05, 0.1) is 31.8 Å². The summed E-state index contributed by atoms with van der Waals surface area (Å²) in [6.07, 6.45) is 0. The van der Waals surface area contributed by atoms with Crippen molar-refractivity contribution in [2.45, 2.75) is 18.6 Å². The van der Waals surface area contributed by atoms with Crippen molar-refractivity contribution >= 4 is 0 Å². The molecule has 0 aliphatic rings. The van der Waals surface area contributed by atoms with Crippen LogP contribution in [0, 0.1) is 0 Å². The zero-order valence-electron chi connectivity index (χ0n) is 11.7. The number of aliphatic hydroxyl groups is 4. The maximum absolute atomic E-state index is 9.96. The molecular formula is C17H20O4. The zero-order valence-corrected chi connectivity index (χ0v) is 11.7. The fourth-order valence-corrected chi connectivity index (χ4v) is 2.73. The summed E-state index contributed by atoms with van der Waals surface area (Å²) < 4.78 is 0. The molecule has 0 saturated carbocycles. The van der Waals surface area contributed by atoms with Crippen LogP contribution in [-0.2, 0) is 18.6 Å². The lowest BCUT2D eigenvalue weighted by Crippen LogP contribution is -2.37. The molecule has 0 fully saturated rings. The van der Waals surface area contributed by atoms with Crippen molar-refractivity contribution in [3.8, 4) is 0 Å². The molecule has 0 amide bonds. The molecule has 21 heavy (non-hydrogen) atoms. The topological polar surface area (TPSA) is 80.9 Å². The van der Waals surface area contributed by atoms with Crippen LogP contribution in [0.2, 0.25) is 0 Å². The molecule has 0 radical (unpaired) electrons. The summed E-state index contributed by atoms with van der Waals surface area (Å²) in [4.78, 5) is 0. The Morgan fingerprint density at radius 1 is 0.714 bits per heavy atom. The van der Waals surface area contributed by atoms with Gasteiger partial charge in [-0.1, -0.05) is 48.5 Å². The SMILES string of the molecule is OCc1cccc(C(CO)(CO)c2ccccc2)c1CO. The molecule has 0 unspecified atom stereocenters. The van der Waals surface area contributed by atoms with E-state index in [0.29, 0.717) is 16.7 Å². The summed E-state index contributed by atoms with van der Waals surface area (Å²) >= 11 is 0. The second-order valence-electron chi connectivity index (χ2n) is 5.02. The molecule has 2 rings (SSSR count). The summed E-state index contributed by atoms with van der Waals surface area (Å²) in [5.74, 6) is 0. The third kappa shape index (κ3) is 2.71. The number of benzene rings is 2. The Morgan fingerprint density at radius 2 is 1.38 bits per heavy atom. The van der Waals surface area contributed by atoms with E-state index >= 15 is 0 Å².